The van der Waals surface area contributed by atoms with E-state index < -0.39 is 11.9 Å². The molecule has 1 amide bonds. The van der Waals surface area contributed by atoms with Crippen molar-refractivity contribution in [3.05, 3.63) is 65.4 Å². The van der Waals surface area contributed by atoms with Gasteiger partial charge in [0.05, 0.1) is 18.2 Å². The summed E-state index contributed by atoms with van der Waals surface area (Å²) in [5.41, 5.74) is 3.82. The molecule has 4 rings (SSSR count). The number of rotatable bonds is 5. The molecule has 6 nitrogen and oxygen atoms in total. The molecule has 1 N–H and O–H groups in total. The summed E-state index contributed by atoms with van der Waals surface area (Å²) < 4.78 is 10.4. The molecule has 28 heavy (non-hydrogen) atoms. The molecule has 0 atom stereocenters. The second kappa shape index (κ2) is 7.68. The van der Waals surface area contributed by atoms with Crippen molar-refractivity contribution in [2.75, 3.05) is 19.0 Å². The van der Waals surface area contributed by atoms with Gasteiger partial charge in [0.25, 0.3) is 5.91 Å². The topological polar surface area (TPSA) is 77.5 Å². The Labute approximate surface area is 162 Å². The largest absolute Gasteiger partial charge is 0.497 e. The van der Waals surface area contributed by atoms with E-state index >= 15 is 0 Å². The fourth-order valence-corrected chi connectivity index (χ4v) is 3.52. The number of benzene rings is 2. The first-order valence-corrected chi connectivity index (χ1v) is 9.17. The fourth-order valence-electron chi connectivity index (χ4n) is 3.52. The van der Waals surface area contributed by atoms with Crippen LogP contribution < -0.4 is 10.1 Å². The molecule has 0 saturated carbocycles. The highest BCUT2D eigenvalue weighted by atomic mass is 16.5. The molecule has 1 heterocycles. The minimum atomic E-state index is -0.485. The number of pyridine rings is 1. The minimum absolute atomic E-state index is 0.351. The van der Waals surface area contributed by atoms with Crippen molar-refractivity contribution in [1.29, 1.82) is 0 Å². The molecule has 142 valence electrons. The van der Waals surface area contributed by atoms with E-state index in [9.17, 15) is 9.59 Å². The summed E-state index contributed by atoms with van der Waals surface area (Å²) in [6, 6.07) is 14.5. The van der Waals surface area contributed by atoms with Crippen LogP contribution >= 0.6 is 0 Å². The number of amides is 1. The van der Waals surface area contributed by atoms with Crippen LogP contribution in [-0.2, 0) is 22.4 Å². The molecule has 1 aliphatic carbocycles. The van der Waals surface area contributed by atoms with Gasteiger partial charge in [-0.25, -0.2) is 4.79 Å². The highest BCUT2D eigenvalue weighted by Crippen LogP contribution is 2.30. The third-order valence-corrected chi connectivity index (χ3v) is 4.83. The van der Waals surface area contributed by atoms with E-state index in [0.29, 0.717) is 17.0 Å². The summed E-state index contributed by atoms with van der Waals surface area (Å²) in [5.74, 6) is -0.182. The van der Waals surface area contributed by atoms with Crippen molar-refractivity contribution in [2.45, 2.75) is 19.3 Å². The first-order chi connectivity index (χ1) is 13.7. The van der Waals surface area contributed by atoms with Gasteiger partial charge in [0.2, 0.25) is 0 Å². The number of para-hydroxylation sites is 1. The summed E-state index contributed by atoms with van der Waals surface area (Å²) in [7, 11) is 1.58. The molecule has 1 aromatic heterocycles. The van der Waals surface area contributed by atoms with Crippen LogP contribution in [0.25, 0.3) is 10.9 Å². The molecule has 0 saturated heterocycles. The van der Waals surface area contributed by atoms with Crippen LogP contribution in [0.2, 0.25) is 0 Å². The predicted octanol–water partition coefficient (Wildman–Crippen LogP) is 3.53. The number of nitrogens with one attached hydrogen (secondary N) is 1. The van der Waals surface area contributed by atoms with Crippen LogP contribution in [0, 0.1) is 0 Å². The lowest BCUT2D eigenvalue weighted by Gasteiger charge is -2.12. The lowest BCUT2D eigenvalue weighted by molar-refractivity contribution is -0.119. The zero-order valence-electron chi connectivity index (χ0n) is 15.5. The Morgan fingerprint density at radius 2 is 1.86 bits per heavy atom. The van der Waals surface area contributed by atoms with Gasteiger partial charge in [-0.15, -0.1) is 0 Å². The molecule has 0 spiro atoms. The minimum Gasteiger partial charge on any atom is -0.497 e. The van der Waals surface area contributed by atoms with Crippen LogP contribution in [0.15, 0.2) is 48.5 Å². The third kappa shape index (κ3) is 3.53. The standard InChI is InChI=1S/C22H20N2O4/c1-27-15-11-9-14(10-12-15)23-20(25)13-28-22(26)21-16-5-2-3-7-18(16)24-19-8-4-6-17(19)21/h2-3,5,7,9-12H,4,6,8,13H2,1H3,(H,23,25). The summed E-state index contributed by atoms with van der Waals surface area (Å²) in [5, 5.41) is 3.47. The van der Waals surface area contributed by atoms with Crippen LogP contribution in [0.5, 0.6) is 5.75 Å². The van der Waals surface area contributed by atoms with Crippen molar-refractivity contribution in [2.24, 2.45) is 0 Å². The molecule has 0 aliphatic heterocycles. The molecule has 1 aliphatic rings. The van der Waals surface area contributed by atoms with Gasteiger partial charge in [0, 0.05) is 16.8 Å². The quantitative estimate of drug-likeness (QED) is 0.690. The number of esters is 1. The molecule has 0 unspecified atom stereocenters. The van der Waals surface area contributed by atoms with Gasteiger partial charge in [0.15, 0.2) is 6.61 Å². The van der Waals surface area contributed by atoms with Crippen LogP contribution in [-0.4, -0.2) is 30.6 Å². The number of ether oxygens (including phenoxy) is 2. The van der Waals surface area contributed by atoms with Gasteiger partial charge < -0.3 is 14.8 Å². The summed E-state index contributed by atoms with van der Waals surface area (Å²) in [4.78, 5) is 29.6. The second-order valence-electron chi connectivity index (χ2n) is 6.64. The number of carbonyl (C=O) groups is 2. The molecule has 0 bridgehead atoms. The van der Waals surface area contributed by atoms with E-state index in [4.69, 9.17) is 9.47 Å². The fraction of sp³-hybridized carbons (Fsp3) is 0.227. The highest BCUT2D eigenvalue weighted by molar-refractivity contribution is 6.06. The maximum absolute atomic E-state index is 12.8. The Kier molecular flexibility index (Phi) is 4.93. The normalized spacial score (nSPS) is 12.5. The van der Waals surface area contributed by atoms with Gasteiger partial charge in [-0.2, -0.15) is 0 Å². The number of methoxy groups -OCH3 is 1. The Bertz CT molecular complexity index is 1040. The summed E-state index contributed by atoms with van der Waals surface area (Å²) in [6.45, 7) is -0.351. The Morgan fingerprint density at radius 1 is 1.07 bits per heavy atom. The molecule has 0 radical (unpaired) electrons. The Morgan fingerprint density at radius 3 is 2.64 bits per heavy atom. The van der Waals surface area contributed by atoms with Gasteiger partial charge in [-0.05, 0) is 55.2 Å². The number of nitrogens with zero attached hydrogens (tertiary/aromatic N) is 1. The second-order valence-corrected chi connectivity index (χ2v) is 6.64. The van der Waals surface area contributed by atoms with E-state index in [-0.39, 0.29) is 6.61 Å². The number of aryl methyl sites for hydroxylation is 1. The molecule has 2 aromatic carbocycles. The van der Waals surface area contributed by atoms with Gasteiger partial charge >= 0.3 is 5.97 Å². The van der Waals surface area contributed by atoms with Gasteiger partial charge in [-0.3, -0.25) is 9.78 Å². The van der Waals surface area contributed by atoms with Crippen LogP contribution in [0.1, 0.15) is 28.0 Å². The van der Waals surface area contributed by atoms with Crippen molar-refractivity contribution >= 4 is 28.5 Å². The van der Waals surface area contributed by atoms with Crippen molar-refractivity contribution in [3.8, 4) is 5.75 Å². The van der Waals surface area contributed by atoms with E-state index in [1.54, 1.807) is 31.4 Å². The van der Waals surface area contributed by atoms with E-state index in [1.807, 2.05) is 24.3 Å². The zero-order valence-corrected chi connectivity index (χ0v) is 15.5. The maximum atomic E-state index is 12.8. The van der Waals surface area contributed by atoms with Crippen molar-refractivity contribution in [1.82, 2.24) is 4.98 Å². The molecular formula is C22H20N2O4. The SMILES string of the molecule is COc1ccc(NC(=O)COC(=O)c2c3c(nc4ccccc24)CCC3)cc1. The number of carbonyl (C=O) groups excluding carboxylic acids is 2. The Balaban J connectivity index is 1.49. The van der Waals surface area contributed by atoms with Gasteiger partial charge in [0.1, 0.15) is 5.75 Å². The van der Waals surface area contributed by atoms with E-state index in [1.165, 1.54) is 0 Å². The number of anilines is 1. The average Bonchev–Trinajstić information content (AvgIpc) is 3.18. The highest BCUT2D eigenvalue weighted by Gasteiger charge is 2.25. The number of fused-ring (bicyclic) bond motifs is 2. The first-order valence-electron chi connectivity index (χ1n) is 9.17. The number of hydrogen-bond acceptors (Lipinski definition) is 5. The zero-order chi connectivity index (χ0) is 19.5. The van der Waals surface area contributed by atoms with E-state index in [0.717, 1.165) is 41.4 Å². The van der Waals surface area contributed by atoms with Crippen molar-refractivity contribution < 1.29 is 19.1 Å². The lowest BCUT2D eigenvalue weighted by Crippen LogP contribution is -2.21. The molecular weight excluding hydrogens is 356 g/mol. The average molecular weight is 376 g/mol. The molecule has 3 aromatic rings. The monoisotopic (exact) mass is 376 g/mol. The number of hydrogen-bond donors (Lipinski definition) is 1. The molecule has 6 heteroatoms. The first kappa shape index (κ1) is 18.0. The van der Waals surface area contributed by atoms with Crippen LogP contribution in [0.3, 0.4) is 0 Å². The predicted molar refractivity (Wildman–Crippen MR) is 106 cm³/mol. The van der Waals surface area contributed by atoms with Gasteiger partial charge in [-0.1, -0.05) is 18.2 Å². The lowest BCUT2D eigenvalue weighted by atomic mass is 10.0. The maximum Gasteiger partial charge on any atom is 0.339 e. The summed E-state index contributed by atoms with van der Waals surface area (Å²) in [6.07, 6.45) is 2.63. The smallest absolute Gasteiger partial charge is 0.339 e. The summed E-state index contributed by atoms with van der Waals surface area (Å²) >= 11 is 0. The van der Waals surface area contributed by atoms with E-state index in [2.05, 4.69) is 10.3 Å². The number of aromatic nitrogens is 1. The Hall–Kier alpha value is -3.41. The molecule has 0 fully saturated rings. The van der Waals surface area contributed by atoms with Crippen molar-refractivity contribution in [3.63, 3.8) is 0 Å². The third-order valence-electron chi connectivity index (χ3n) is 4.83. The van der Waals surface area contributed by atoms with Crippen LogP contribution in [0.4, 0.5) is 5.69 Å².